The normalized spacial score (nSPS) is 18.4. The van der Waals surface area contributed by atoms with E-state index in [0.717, 1.165) is 25.3 Å². The number of ether oxygens (including phenoxy) is 2. The fourth-order valence-corrected chi connectivity index (χ4v) is 5.40. The van der Waals surface area contributed by atoms with Gasteiger partial charge in [0.2, 0.25) is 11.8 Å². The van der Waals surface area contributed by atoms with Crippen molar-refractivity contribution >= 4 is 23.4 Å². The van der Waals surface area contributed by atoms with E-state index < -0.39 is 18.4 Å². The lowest BCUT2D eigenvalue weighted by atomic mass is 10.1. The Labute approximate surface area is 260 Å². The van der Waals surface area contributed by atoms with Crippen LogP contribution in [-0.4, -0.2) is 107 Å². The molecule has 2 aliphatic rings. The van der Waals surface area contributed by atoms with E-state index in [1.807, 2.05) is 12.1 Å². The highest BCUT2D eigenvalue weighted by molar-refractivity contribution is 5.81. The van der Waals surface area contributed by atoms with Crippen molar-refractivity contribution in [2.45, 2.75) is 44.4 Å². The van der Waals surface area contributed by atoms with Gasteiger partial charge in [-0.15, -0.1) is 0 Å². The van der Waals surface area contributed by atoms with Gasteiger partial charge in [0.05, 0.1) is 18.4 Å². The van der Waals surface area contributed by atoms with Crippen LogP contribution in [0.4, 0.5) is 26.2 Å². The number of aliphatic hydroxyl groups excluding tert-OH is 1. The largest absolute Gasteiger partial charge is 0.489 e. The molecule has 238 valence electrons. The zero-order valence-corrected chi connectivity index (χ0v) is 25.4. The maximum absolute atomic E-state index is 12.7. The first-order valence-electron chi connectivity index (χ1n) is 14.7. The van der Waals surface area contributed by atoms with Gasteiger partial charge in [-0.25, -0.2) is 18.7 Å². The first-order chi connectivity index (χ1) is 21.7. The number of methoxy groups -OCH3 is 1. The van der Waals surface area contributed by atoms with Gasteiger partial charge in [-0.05, 0) is 50.4 Å². The fraction of sp³-hybridized carbons (Fsp3) is 0.452. The topological polar surface area (TPSA) is 140 Å². The number of nitrogens with one attached hydrogen (secondary N) is 1. The number of likely N-dealkylation sites (tertiary alicyclic amines) is 1. The van der Waals surface area contributed by atoms with Crippen LogP contribution in [0.1, 0.15) is 25.3 Å². The highest BCUT2D eigenvalue weighted by Crippen LogP contribution is 2.31. The van der Waals surface area contributed by atoms with Crippen molar-refractivity contribution in [3.8, 4) is 29.0 Å². The molecule has 2 atom stereocenters. The Balaban J connectivity index is 1.24. The smallest absolute Gasteiger partial charge is 0.273 e. The first kappa shape index (κ1) is 31.8. The van der Waals surface area contributed by atoms with Crippen LogP contribution < -0.4 is 19.7 Å². The lowest BCUT2D eigenvalue weighted by Gasteiger charge is -2.39. The quantitative estimate of drug-likeness (QED) is 0.363. The Hall–Kier alpha value is -4.61. The summed E-state index contributed by atoms with van der Waals surface area (Å²) in [5, 5.41) is 22.4. The van der Waals surface area contributed by atoms with Gasteiger partial charge in [-0.1, -0.05) is 0 Å². The second kappa shape index (κ2) is 14.0. The number of halogens is 2. The van der Waals surface area contributed by atoms with Crippen molar-refractivity contribution in [2.24, 2.45) is 0 Å². The number of alkyl halides is 2. The van der Waals surface area contributed by atoms with Crippen molar-refractivity contribution in [1.82, 2.24) is 24.8 Å². The van der Waals surface area contributed by atoms with Crippen molar-refractivity contribution < 1.29 is 28.2 Å². The average molecular weight is 623 g/mol. The first-order valence-corrected chi connectivity index (χ1v) is 14.7. The lowest BCUT2D eigenvalue weighted by molar-refractivity contribution is -0.150. The summed E-state index contributed by atoms with van der Waals surface area (Å²) in [5.41, 5.74) is 2.48. The summed E-state index contributed by atoms with van der Waals surface area (Å²) < 4.78 is 37.1. The molecule has 2 aliphatic heterocycles. The predicted molar refractivity (Wildman–Crippen MR) is 163 cm³/mol. The number of aliphatic hydroxyl groups is 1. The minimum Gasteiger partial charge on any atom is -0.489 e. The van der Waals surface area contributed by atoms with Gasteiger partial charge in [-0.3, -0.25) is 4.79 Å². The number of benzene rings is 1. The molecule has 0 aliphatic carbocycles. The second-order valence-corrected chi connectivity index (χ2v) is 11.1. The molecule has 2 N–H and O–H groups in total. The fourth-order valence-electron chi connectivity index (χ4n) is 5.40. The summed E-state index contributed by atoms with van der Waals surface area (Å²) in [6.07, 6.45) is -3.41. The van der Waals surface area contributed by atoms with Crippen molar-refractivity contribution in [2.75, 3.05) is 57.1 Å². The molecule has 0 saturated carbocycles. The van der Waals surface area contributed by atoms with Crippen LogP contribution in [0.5, 0.6) is 11.6 Å². The van der Waals surface area contributed by atoms with Gasteiger partial charge in [0.1, 0.15) is 29.4 Å². The van der Waals surface area contributed by atoms with Gasteiger partial charge in [0.15, 0.2) is 6.10 Å². The summed E-state index contributed by atoms with van der Waals surface area (Å²) in [4.78, 5) is 31.4. The Kier molecular flexibility index (Phi) is 9.90. The van der Waals surface area contributed by atoms with E-state index in [9.17, 15) is 23.9 Å². The van der Waals surface area contributed by atoms with Gasteiger partial charge < -0.3 is 34.6 Å². The van der Waals surface area contributed by atoms with Crippen LogP contribution in [0.2, 0.25) is 0 Å². The number of hydrogen-bond donors (Lipinski definition) is 2. The Morgan fingerprint density at radius 2 is 1.91 bits per heavy atom. The van der Waals surface area contributed by atoms with Crippen LogP contribution in [0.3, 0.4) is 0 Å². The van der Waals surface area contributed by atoms with Crippen LogP contribution in [-0.2, 0) is 4.79 Å². The van der Waals surface area contributed by atoms with E-state index in [1.165, 1.54) is 4.90 Å². The molecule has 0 unspecified atom stereocenters. The van der Waals surface area contributed by atoms with Gasteiger partial charge in [0.25, 0.3) is 12.3 Å². The molecule has 0 spiro atoms. The summed E-state index contributed by atoms with van der Waals surface area (Å²) in [5.74, 6) is 0.729. The number of likely N-dealkylation sites (N-methyl/N-ethyl adjacent to an activating group) is 1. The molecule has 3 aromatic rings. The van der Waals surface area contributed by atoms with Crippen molar-refractivity contribution in [1.29, 1.82) is 5.26 Å². The summed E-state index contributed by atoms with van der Waals surface area (Å²) in [6.45, 7) is 5.22. The number of carbonyl (C=O) groups excluding carboxylic acids is 1. The van der Waals surface area contributed by atoms with Crippen LogP contribution in [0.25, 0.3) is 11.3 Å². The zero-order valence-electron chi connectivity index (χ0n) is 25.4. The number of pyridine rings is 1. The average Bonchev–Trinajstić information content (AvgIpc) is 3.06. The Morgan fingerprint density at radius 3 is 2.60 bits per heavy atom. The maximum atomic E-state index is 12.7. The lowest BCUT2D eigenvalue weighted by Crippen LogP contribution is -2.50. The number of hydrogen-bond acceptors (Lipinski definition) is 11. The van der Waals surface area contributed by atoms with Crippen LogP contribution in [0.15, 0.2) is 42.6 Å². The van der Waals surface area contributed by atoms with Gasteiger partial charge >= 0.3 is 0 Å². The number of aromatic nitrogens is 3. The molecular formula is C31H36F2N8O4. The molecule has 0 bridgehead atoms. The Bertz CT molecular complexity index is 1550. The standard InChI is InChI=1S/C31H36F2N8O4/c1-19-18-41(15-14-39(19)2)24-5-7-26(37-29(24)44-3)38-31-35-11-8-23(36-31)20-4-6-25(21(16-20)17-34)45-22-9-12-40(13-10-22)30(43)27(42)28(32)33/h4-8,11,16,19,22,27-28,42H,9-10,12-15,18H2,1-3H3,(H,35,36,37,38)/t19-,27-/m1/s1. The molecular weight excluding hydrogens is 586 g/mol. The summed E-state index contributed by atoms with van der Waals surface area (Å²) in [7, 11) is 3.72. The van der Waals surface area contributed by atoms with Crippen molar-refractivity contribution in [3.63, 3.8) is 0 Å². The maximum Gasteiger partial charge on any atom is 0.273 e. The van der Waals surface area contributed by atoms with Crippen LogP contribution >= 0.6 is 0 Å². The summed E-state index contributed by atoms with van der Waals surface area (Å²) in [6, 6.07) is 13.3. The third kappa shape index (κ3) is 7.38. The molecule has 2 aromatic heterocycles. The number of nitriles is 1. The molecule has 45 heavy (non-hydrogen) atoms. The third-order valence-electron chi connectivity index (χ3n) is 8.16. The van der Waals surface area contributed by atoms with E-state index in [0.29, 0.717) is 59.1 Å². The van der Waals surface area contributed by atoms with E-state index in [2.05, 4.69) is 50.1 Å². The van der Waals surface area contributed by atoms with Crippen molar-refractivity contribution in [3.05, 3.63) is 48.2 Å². The number of carbonyl (C=O) groups is 1. The molecule has 1 amide bonds. The SMILES string of the molecule is COc1nc(Nc2nccc(-c3ccc(OC4CCN(C(=O)[C@H](O)C(F)F)CC4)c(C#N)c3)n2)ccc1N1CCN(C)[C@H](C)C1. The molecule has 1 aromatic carbocycles. The molecule has 0 radical (unpaired) electrons. The van der Waals surface area contributed by atoms with E-state index in [1.54, 1.807) is 37.6 Å². The monoisotopic (exact) mass is 622 g/mol. The number of amides is 1. The molecule has 14 heteroatoms. The number of anilines is 3. The summed E-state index contributed by atoms with van der Waals surface area (Å²) >= 11 is 0. The van der Waals surface area contributed by atoms with E-state index >= 15 is 0 Å². The number of piperazine rings is 1. The van der Waals surface area contributed by atoms with Crippen LogP contribution in [0, 0.1) is 11.3 Å². The van der Waals surface area contributed by atoms with E-state index in [4.69, 9.17) is 9.47 Å². The van der Waals surface area contributed by atoms with Gasteiger partial charge in [0, 0.05) is 63.4 Å². The predicted octanol–water partition coefficient (Wildman–Crippen LogP) is 3.30. The minimum atomic E-state index is -3.13. The highest BCUT2D eigenvalue weighted by Gasteiger charge is 2.33. The number of nitrogens with zero attached hydrogens (tertiary/aromatic N) is 7. The Morgan fingerprint density at radius 1 is 1.13 bits per heavy atom. The third-order valence-corrected chi connectivity index (χ3v) is 8.16. The number of piperidine rings is 1. The molecule has 5 rings (SSSR count). The van der Waals surface area contributed by atoms with E-state index in [-0.39, 0.29) is 19.2 Å². The highest BCUT2D eigenvalue weighted by atomic mass is 19.3. The molecule has 2 saturated heterocycles. The molecule has 12 nitrogen and oxygen atoms in total. The number of rotatable bonds is 9. The van der Waals surface area contributed by atoms with Gasteiger partial charge in [-0.2, -0.15) is 10.2 Å². The zero-order chi connectivity index (χ0) is 32.1. The molecule has 4 heterocycles. The second-order valence-electron chi connectivity index (χ2n) is 11.1. The minimum absolute atomic E-state index is 0.169. The molecule has 2 fully saturated rings.